The first-order chi connectivity index (χ1) is 30.0. The van der Waals surface area contributed by atoms with Crippen LogP contribution in [0, 0.1) is 20.8 Å². The molecule has 0 aliphatic heterocycles. The Bertz CT molecular complexity index is 3320. The van der Waals surface area contributed by atoms with Crippen LogP contribution in [-0.2, 0) is 0 Å². The van der Waals surface area contributed by atoms with Crippen molar-refractivity contribution in [3.05, 3.63) is 229 Å². The molecule has 0 spiro atoms. The molecule has 0 N–H and O–H groups in total. The van der Waals surface area contributed by atoms with Crippen LogP contribution in [0.4, 0.5) is 0 Å². The number of fused-ring (bicyclic) bond motifs is 5. The van der Waals surface area contributed by atoms with Gasteiger partial charge in [0, 0.05) is 0 Å². The molecule has 0 fully saturated rings. The zero-order chi connectivity index (χ0) is 41.0. The third kappa shape index (κ3) is 6.25. The highest BCUT2D eigenvalue weighted by molar-refractivity contribution is 7.01. The topological polar surface area (TPSA) is 0 Å². The van der Waals surface area contributed by atoms with E-state index in [0.717, 1.165) is 0 Å². The summed E-state index contributed by atoms with van der Waals surface area (Å²) < 4.78 is 0. The van der Waals surface area contributed by atoms with E-state index in [0.29, 0.717) is 0 Å². The molecule has 0 heterocycles. The zero-order valence-electron chi connectivity index (χ0n) is 34.9. The maximum absolute atomic E-state index is 2.38. The molecule has 0 unspecified atom stereocenters. The van der Waals surface area contributed by atoms with Gasteiger partial charge in [0.2, 0.25) is 13.4 Å². The number of rotatable bonds is 7. The Morgan fingerprint density at radius 3 is 1.33 bits per heavy atom. The number of hydrogen-bond acceptors (Lipinski definition) is 0. The van der Waals surface area contributed by atoms with Crippen molar-refractivity contribution in [1.82, 2.24) is 0 Å². The molecule has 11 aromatic rings. The van der Waals surface area contributed by atoms with Gasteiger partial charge in [0.05, 0.1) is 0 Å². The molecule has 0 bridgehead atoms. The maximum Gasteiger partial charge on any atom is 0.245 e. The maximum atomic E-state index is 2.38. The van der Waals surface area contributed by atoms with E-state index in [1.165, 1.54) is 114 Å². The lowest BCUT2D eigenvalue weighted by molar-refractivity contribution is 1.35. The Morgan fingerprint density at radius 2 is 0.738 bits per heavy atom. The van der Waals surface area contributed by atoms with Crippen LogP contribution in [0.1, 0.15) is 16.7 Å². The van der Waals surface area contributed by atoms with Crippen LogP contribution >= 0.6 is 0 Å². The van der Waals surface area contributed by atoms with E-state index in [4.69, 9.17) is 0 Å². The van der Waals surface area contributed by atoms with Gasteiger partial charge in [-0.3, -0.25) is 0 Å². The molecule has 0 radical (unpaired) electrons. The average Bonchev–Trinajstić information content (AvgIpc) is 3.30. The standard InChI is InChI=1S/C59H44B2/c1-39-36-40(2)57(41(3)37-39)61(58-49-25-11-8-19-44(49)38-45-20-9-12-26-50(45)58)59-53-29-15-13-27-51(53)56(52-28-14-16-30-54(52)59)43-32-34-47(35-33-43)60(46-22-5-4-6-23-46)55-31-17-21-42-18-7-10-24-48(42)55/h4-38H,1-3H3. The fourth-order valence-electron chi connectivity index (χ4n) is 10.8. The van der Waals surface area contributed by atoms with Crippen LogP contribution in [0.2, 0.25) is 0 Å². The first-order valence-electron chi connectivity index (χ1n) is 21.6. The van der Waals surface area contributed by atoms with Crippen LogP contribution in [0.3, 0.4) is 0 Å². The Labute approximate surface area is 359 Å². The molecule has 0 atom stereocenters. The normalized spacial score (nSPS) is 11.5. The molecule has 0 amide bonds. The summed E-state index contributed by atoms with van der Waals surface area (Å²) >= 11 is 0. The largest absolute Gasteiger partial charge is 0.245 e. The number of benzene rings is 11. The van der Waals surface area contributed by atoms with Gasteiger partial charge < -0.3 is 0 Å². The van der Waals surface area contributed by atoms with Crippen LogP contribution in [0.25, 0.3) is 65.0 Å². The third-order valence-corrected chi connectivity index (χ3v) is 13.2. The minimum Gasteiger partial charge on any atom is -0.0686 e. The predicted octanol–water partition coefficient (Wildman–Crippen LogP) is 11.1. The first-order valence-corrected chi connectivity index (χ1v) is 21.6. The number of aryl methyl sites for hydroxylation is 3. The first kappa shape index (κ1) is 36.9. The molecule has 0 nitrogen and oxygen atoms in total. The van der Waals surface area contributed by atoms with Crippen molar-refractivity contribution < 1.29 is 0 Å². The molecule has 11 rings (SSSR count). The van der Waals surface area contributed by atoms with Crippen molar-refractivity contribution in [3.8, 4) is 11.1 Å². The molecule has 2 heteroatoms. The van der Waals surface area contributed by atoms with Crippen LogP contribution in [0.5, 0.6) is 0 Å². The summed E-state index contributed by atoms with van der Waals surface area (Å²) in [6.45, 7) is 6.92. The summed E-state index contributed by atoms with van der Waals surface area (Å²) in [6, 6.07) is 79.4. The second kappa shape index (κ2) is 15.1. The molecule has 61 heavy (non-hydrogen) atoms. The fourth-order valence-corrected chi connectivity index (χ4v) is 10.8. The third-order valence-electron chi connectivity index (χ3n) is 13.2. The van der Waals surface area contributed by atoms with E-state index >= 15 is 0 Å². The minimum absolute atomic E-state index is 0.0323. The minimum atomic E-state index is -0.0323. The zero-order valence-corrected chi connectivity index (χ0v) is 34.9. The van der Waals surface area contributed by atoms with Crippen molar-refractivity contribution in [2.24, 2.45) is 0 Å². The SMILES string of the molecule is Cc1cc(C)c(B(c2c3ccccc3cc3ccccc23)c2c3ccccc3c(-c3ccc(B(c4ccccc4)c4cccc5ccccc45)cc3)c3ccccc23)c(C)c1. The van der Waals surface area contributed by atoms with Gasteiger partial charge >= 0.3 is 0 Å². The molecule has 11 aromatic carbocycles. The Kier molecular flexibility index (Phi) is 9.16. The quantitative estimate of drug-likeness (QED) is 0.112. The monoisotopic (exact) mass is 774 g/mol. The van der Waals surface area contributed by atoms with E-state index in [9.17, 15) is 0 Å². The molecule has 0 aromatic heterocycles. The summed E-state index contributed by atoms with van der Waals surface area (Å²) in [5.41, 5.74) is 14.5. The van der Waals surface area contributed by atoms with Gasteiger partial charge in [0.25, 0.3) is 0 Å². The molecule has 0 aliphatic carbocycles. The molecule has 0 saturated carbocycles. The highest BCUT2D eigenvalue weighted by Gasteiger charge is 2.33. The van der Waals surface area contributed by atoms with Gasteiger partial charge in [-0.25, -0.2) is 0 Å². The Balaban J connectivity index is 1.18. The Hall–Kier alpha value is -7.15. The molecule has 286 valence electrons. The van der Waals surface area contributed by atoms with Crippen molar-refractivity contribution in [2.75, 3.05) is 0 Å². The van der Waals surface area contributed by atoms with E-state index in [2.05, 4.69) is 233 Å². The second-order valence-corrected chi connectivity index (χ2v) is 16.9. The van der Waals surface area contributed by atoms with E-state index in [1.54, 1.807) is 0 Å². The summed E-state index contributed by atoms with van der Waals surface area (Å²) in [5, 5.41) is 12.8. The van der Waals surface area contributed by atoms with Gasteiger partial charge in [-0.15, -0.1) is 0 Å². The van der Waals surface area contributed by atoms with Gasteiger partial charge in [-0.05, 0) is 91.8 Å². The average molecular weight is 775 g/mol. The van der Waals surface area contributed by atoms with Gasteiger partial charge in [0.1, 0.15) is 0 Å². The summed E-state index contributed by atoms with van der Waals surface area (Å²) in [7, 11) is 0. The van der Waals surface area contributed by atoms with Gasteiger partial charge in [-0.1, -0.05) is 256 Å². The lowest BCUT2D eigenvalue weighted by Crippen LogP contribution is -2.55. The number of hydrogen-bond donors (Lipinski definition) is 0. The van der Waals surface area contributed by atoms with Crippen LogP contribution in [-0.4, -0.2) is 13.4 Å². The molecule has 0 saturated heterocycles. The summed E-state index contributed by atoms with van der Waals surface area (Å²) in [4.78, 5) is 0. The van der Waals surface area contributed by atoms with Crippen molar-refractivity contribution >= 4 is 100 Å². The van der Waals surface area contributed by atoms with Gasteiger partial charge in [0.15, 0.2) is 0 Å². The molecule has 0 aliphatic rings. The van der Waals surface area contributed by atoms with E-state index < -0.39 is 0 Å². The molecular weight excluding hydrogens is 730 g/mol. The summed E-state index contributed by atoms with van der Waals surface area (Å²) in [5.74, 6) is 0. The lowest BCUT2D eigenvalue weighted by atomic mass is 9.33. The molecular formula is C59H44B2. The van der Waals surface area contributed by atoms with Gasteiger partial charge in [-0.2, -0.15) is 0 Å². The van der Waals surface area contributed by atoms with Crippen molar-refractivity contribution in [2.45, 2.75) is 20.8 Å². The van der Waals surface area contributed by atoms with Crippen molar-refractivity contribution in [1.29, 1.82) is 0 Å². The van der Waals surface area contributed by atoms with E-state index in [-0.39, 0.29) is 13.4 Å². The predicted molar refractivity (Wildman–Crippen MR) is 269 cm³/mol. The highest BCUT2D eigenvalue weighted by atomic mass is 14.2. The Morgan fingerprint density at radius 1 is 0.295 bits per heavy atom. The smallest absolute Gasteiger partial charge is 0.0686 e. The second-order valence-electron chi connectivity index (χ2n) is 16.9. The highest BCUT2D eigenvalue weighted by Crippen LogP contribution is 2.36. The lowest BCUT2D eigenvalue weighted by Gasteiger charge is -2.27. The van der Waals surface area contributed by atoms with Crippen LogP contribution in [0.15, 0.2) is 212 Å². The van der Waals surface area contributed by atoms with Crippen LogP contribution < -0.4 is 32.8 Å². The summed E-state index contributed by atoms with van der Waals surface area (Å²) in [6.07, 6.45) is 0. The fraction of sp³-hybridized carbons (Fsp3) is 0.0508. The van der Waals surface area contributed by atoms with Crippen molar-refractivity contribution in [3.63, 3.8) is 0 Å². The van der Waals surface area contributed by atoms with E-state index in [1.807, 2.05) is 0 Å².